The maximum absolute atomic E-state index is 14.3. The quantitative estimate of drug-likeness (QED) is 0.0320. The lowest BCUT2D eigenvalue weighted by molar-refractivity contribution is -0.142. The van der Waals surface area contributed by atoms with Gasteiger partial charge in [0.2, 0.25) is 35.4 Å². The van der Waals surface area contributed by atoms with Crippen LogP contribution in [0.3, 0.4) is 0 Å². The molecular weight excluding hydrogens is 833 g/mol. The van der Waals surface area contributed by atoms with Gasteiger partial charge in [-0.1, -0.05) is 56.7 Å². The first-order chi connectivity index (χ1) is 29.9. The molecule has 0 bridgehead atoms. The zero-order chi connectivity index (χ0) is 46.6. The van der Waals surface area contributed by atoms with E-state index in [1.165, 1.54) is 43.3 Å². The normalized spacial score (nSPS) is 14.3. The van der Waals surface area contributed by atoms with Gasteiger partial charge < -0.3 is 58.7 Å². The Labute approximate surface area is 372 Å². The first-order valence-electron chi connectivity index (χ1n) is 20.7. The number of benzene rings is 3. The number of phenolic OH excluding ortho intramolecular Hbond substituents is 2. The molecule has 0 radical (unpaired) electrons. The summed E-state index contributed by atoms with van der Waals surface area (Å²) in [6.07, 6.45) is 1.01. The molecule has 0 heterocycles. The van der Waals surface area contributed by atoms with Crippen molar-refractivity contribution in [2.24, 2.45) is 11.7 Å². The van der Waals surface area contributed by atoms with E-state index in [1.807, 2.05) is 6.92 Å². The summed E-state index contributed by atoms with van der Waals surface area (Å²) in [6, 6.07) is 10.7. The van der Waals surface area contributed by atoms with Gasteiger partial charge in [-0.3, -0.25) is 28.8 Å². The van der Waals surface area contributed by atoms with Gasteiger partial charge in [0.1, 0.15) is 47.8 Å². The second-order valence-corrected chi connectivity index (χ2v) is 15.7. The number of carboxylic acids is 1. The number of phenols is 2. The number of nitrogens with two attached hydrogens (primary N) is 2. The highest BCUT2D eigenvalue weighted by Gasteiger charge is 2.35. The Kier molecular flexibility index (Phi) is 20.7. The number of unbranched alkanes of at least 4 members (excludes halogenated alkanes) is 1. The fourth-order valence-electron chi connectivity index (χ4n) is 6.48. The molecule has 0 spiro atoms. The molecule has 342 valence electrons. The molecule has 7 atom stereocenters. The Morgan fingerprint density at radius 1 is 0.587 bits per heavy atom. The maximum atomic E-state index is 14.3. The molecule has 0 saturated carbocycles. The Balaban J connectivity index is 1.95. The van der Waals surface area contributed by atoms with Gasteiger partial charge in [-0.15, -0.1) is 0 Å². The van der Waals surface area contributed by atoms with Crippen molar-refractivity contribution >= 4 is 59.7 Å². The molecule has 19 heteroatoms. The van der Waals surface area contributed by atoms with Crippen LogP contribution in [-0.4, -0.2) is 105 Å². The van der Waals surface area contributed by atoms with Crippen LogP contribution in [0.2, 0.25) is 0 Å². The van der Waals surface area contributed by atoms with E-state index < -0.39 is 83.6 Å². The van der Waals surface area contributed by atoms with E-state index in [1.54, 1.807) is 43.3 Å². The average molecular weight is 893 g/mol. The Morgan fingerprint density at radius 2 is 1.00 bits per heavy atom. The highest BCUT2D eigenvalue weighted by molar-refractivity contribution is 7.80. The zero-order valence-corrected chi connectivity index (χ0v) is 36.5. The van der Waals surface area contributed by atoms with E-state index in [-0.39, 0.29) is 49.5 Å². The molecule has 63 heavy (non-hydrogen) atoms. The number of hydrogen-bond acceptors (Lipinski definition) is 12. The summed E-state index contributed by atoms with van der Waals surface area (Å²) in [5.74, 6) is -6.15. The number of anilines is 1. The van der Waals surface area contributed by atoms with Crippen LogP contribution in [0.1, 0.15) is 63.1 Å². The summed E-state index contributed by atoms with van der Waals surface area (Å²) in [4.78, 5) is 93.8. The van der Waals surface area contributed by atoms with Crippen molar-refractivity contribution in [3.8, 4) is 11.5 Å². The van der Waals surface area contributed by atoms with Crippen molar-refractivity contribution < 1.29 is 48.9 Å². The summed E-state index contributed by atoms with van der Waals surface area (Å²) in [5, 5.41) is 45.5. The molecule has 0 aliphatic heterocycles. The minimum Gasteiger partial charge on any atom is -0.508 e. The topological polar surface area (TPSA) is 304 Å². The highest BCUT2D eigenvalue weighted by atomic mass is 32.1. The van der Waals surface area contributed by atoms with E-state index in [4.69, 9.17) is 11.5 Å². The lowest BCUT2D eigenvalue weighted by Gasteiger charge is -2.29. The van der Waals surface area contributed by atoms with E-state index >= 15 is 0 Å². The number of carbonyl (C=O) groups is 7. The van der Waals surface area contributed by atoms with Crippen LogP contribution >= 0.6 is 12.6 Å². The number of carboxylic acid groups (broad SMARTS) is 1. The molecule has 3 aromatic carbocycles. The summed E-state index contributed by atoms with van der Waals surface area (Å²) in [5.41, 5.74) is 13.7. The van der Waals surface area contributed by atoms with Gasteiger partial charge in [-0.05, 0) is 84.8 Å². The Bertz CT molecular complexity index is 2000. The van der Waals surface area contributed by atoms with Gasteiger partial charge in [0, 0.05) is 37.6 Å². The lowest BCUT2D eigenvalue weighted by atomic mass is 9.96. The number of nitrogens with one attached hydrogen (secondary N) is 6. The molecule has 3 aromatic rings. The minimum absolute atomic E-state index is 0.0234. The minimum atomic E-state index is -1.42. The van der Waals surface area contributed by atoms with Crippen LogP contribution in [0.5, 0.6) is 11.5 Å². The molecule has 0 aliphatic rings. The third-order valence-electron chi connectivity index (χ3n) is 10.3. The molecule has 0 unspecified atom stereocenters. The standard InChI is InChI=1S/C44H60N8O10S/c1-4-25(2)38(52-42(59)37(24-63)47-26(3)53)43(60)50-35(22-28-10-16-31(54)17-11-28)40(57)48-33(7-5-6-20-45)39(56)49-34(21-27-8-14-30(46)15-9-27)41(58)51-36(44(61)62)23-29-12-18-32(55)19-13-29/h8-19,25,33-38,54-55,63H,4-7,20-24,45-46H2,1-3H3,(H,47,53)(H,48,57)(H,49,56)(H,50,60)(H,51,58)(H,52,59)(H,61,62)/t25-,33-,34-,35-,36-,37-,38-/m0/s1. The number of nitrogen functional groups attached to an aromatic ring is 1. The largest absolute Gasteiger partial charge is 0.508 e. The fraction of sp³-hybridized carbons (Fsp3) is 0.432. The van der Waals surface area contributed by atoms with Gasteiger partial charge in [-0.2, -0.15) is 12.6 Å². The van der Waals surface area contributed by atoms with Crippen molar-refractivity contribution in [3.63, 3.8) is 0 Å². The number of aromatic hydroxyl groups is 2. The smallest absolute Gasteiger partial charge is 0.326 e. The molecule has 0 aliphatic carbocycles. The van der Waals surface area contributed by atoms with Crippen LogP contribution in [0.15, 0.2) is 72.8 Å². The number of hydrogen-bond donors (Lipinski definition) is 12. The number of aliphatic carboxylic acids is 1. The molecule has 18 nitrogen and oxygen atoms in total. The van der Waals surface area contributed by atoms with Crippen LogP contribution in [0.4, 0.5) is 5.69 Å². The molecule has 6 amide bonds. The summed E-state index contributed by atoms with van der Waals surface area (Å²) in [6.45, 7) is 5.06. The van der Waals surface area contributed by atoms with E-state index in [0.29, 0.717) is 41.6 Å². The molecule has 3 rings (SSSR count). The predicted octanol–water partition coefficient (Wildman–Crippen LogP) is 0.826. The van der Waals surface area contributed by atoms with Crippen molar-refractivity contribution in [1.82, 2.24) is 31.9 Å². The van der Waals surface area contributed by atoms with Crippen molar-refractivity contribution in [3.05, 3.63) is 89.5 Å². The van der Waals surface area contributed by atoms with Gasteiger partial charge >= 0.3 is 5.97 Å². The number of carbonyl (C=O) groups excluding carboxylic acids is 6. The summed E-state index contributed by atoms with van der Waals surface area (Å²) < 4.78 is 0. The first-order valence-corrected chi connectivity index (χ1v) is 21.3. The second-order valence-electron chi connectivity index (χ2n) is 15.4. The van der Waals surface area contributed by atoms with E-state index in [2.05, 4.69) is 44.5 Å². The number of amides is 6. The summed E-state index contributed by atoms with van der Waals surface area (Å²) >= 11 is 4.16. The zero-order valence-electron chi connectivity index (χ0n) is 35.6. The summed E-state index contributed by atoms with van der Waals surface area (Å²) in [7, 11) is 0. The maximum Gasteiger partial charge on any atom is 0.326 e. The highest BCUT2D eigenvalue weighted by Crippen LogP contribution is 2.16. The Morgan fingerprint density at radius 3 is 1.44 bits per heavy atom. The molecular formula is C44H60N8O10S. The average Bonchev–Trinajstić information content (AvgIpc) is 3.25. The molecule has 13 N–H and O–H groups in total. The van der Waals surface area contributed by atoms with Crippen LogP contribution < -0.4 is 43.4 Å². The number of thiol groups is 1. The van der Waals surface area contributed by atoms with Crippen molar-refractivity contribution in [1.29, 1.82) is 0 Å². The van der Waals surface area contributed by atoms with E-state index in [0.717, 1.165) is 0 Å². The van der Waals surface area contributed by atoms with Gasteiger partial charge in [0.05, 0.1) is 0 Å². The van der Waals surface area contributed by atoms with E-state index in [9.17, 15) is 48.9 Å². The Hall–Kier alpha value is -6.34. The van der Waals surface area contributed by atoms with Crippen molar-refractivity contribution in [2.45, 2.75) is 102 Å². The van der Waals surface area contributed by atoms with Crippen LogP contribution in [0.25, 0.3) is 0 Å². The lowest BCUT2D eigenvalue weighted by Crippen LogP contribution is -2.61. The monoisotopic (exact) mass is 892 g/mol. The molecule has 0 saturated heterocycles. The second kappa shape index (κ2) is 25.6. The third-order valence-corrected chi connectivity index (χ3v) is 10.7. The van der Waals surface area contributed by atoms with Gasteiger partial charge in [-0.25, -0.2) is 4.79 Å². The predicted molar refractivity (Wildman–Crippen MR) is 239 cm³/mol. The fourth-order valence-corrected chi connectivity index (χ4v) is 6.74. The van der Waals surface area contributed by atoms with Crippen molar-refractivity contribution in [2.75, 3.05) is 18.0 Å². The molecule has 0 fully saturated rings. The first kappa shape index (κ1) is 51.0. The number of rotatable bonds is 25. The third kappa shape index (κ3) is 17.2. The van der Waals surface area contributed by atoms with Gasteiger partial charge in [0.15, 0.2) is 0 Å². The molecule has 0 aromatic heterocycles. The SMILES string of the molecule is CC[C@H](C)[C@H](NC(=O)[C@H](CS)NC(C)=O)C(=O)N[C@@H](Cc1ccc(O)cc1)C(=O)N[C@@H](CCCCN)C(=O)N[C@@H](Cc1ccc(N)cc1)C(=O)N[C@@H](Cc1ccc(O)cc1)C(=O)O. The van der Waals surface area contributed by atoms with Crippen LogP contribution in [0, 0.1) is 5.92 Å². The van der Waals surface area contributed by atoms with Crippen LogP contribution in [-0.2, 0) is 52.8 Å². The van der Waals surface area contributed by atoms with Gasteiger partial charge in [0.25, 0.3) is 0 Å².